The average molecular weight is 602 g/mol. The van der Waals surface area contributed by atoms with Crippen LogP contribution in [0.4, 0.5) is 9.59 Å². The molecule has 2 heterocycles. The maximum Gasteiger partial charge on any atom is 0.410 e. The molecular formula is C31H47N5O7. The number of piperidine rings is 1. The van der Waals surface area contributed by atoms with Crippen molar-refractivity contribution in [3.05, 3.63) is 35.9 Å². The van der Waals surface area contributed by atoms with Crippen LogP contribution >= 0.6 is 0 Å². The molecule has 43 heavy (non-hydrogen) atoms. The lowest BCUT2D eigenvalue weighted by atomic mass is 9.97. The van der Waals surface area contributed by atoms with E-state index < -0.39 is 41.5 Å². The number of hydrogen-bond donors (Lipinski definition) is 4. The monoisotopic (exact) mass is 601 g/mol. The molecule has 0 bridgehead atoms. The van der Waals surface area contributed by atoms with Crippen molar-refractivity contribution < 1.29 is 33.8 Å². The molecule has 2 fully saturated rings. The van der Waals surface area contributed by atoms with Crippen molar-refractivity contribution >= 4 is 29.9 Å². The molecule has 1 aromatic rings. The number of carboxylic acid groups (broad SMARTS) is 1. The molecule has 5 amide bonds. The highest BCUT2D eigenvalue weighted by Crippen LogP contribution is 2.22. The van der Waals surface area contributed by atoms with E-state index in [2.05, 4.69) is 16.0 Å². The second-order valence-corrected chi connectivity index (χ2v) is 12.9. The van der Waals surface area contributed by atoms with Gasteiger partial charge in [0.25, 0.3) is 0 Å². The van der Waals surface area contributed by atoms with Crippen LogP contribution in [0.2, 0.25) is 0 Å². The fraction of sp³-hybridized carbons (Fsp3) is 0.645. The van der Waals surface area contributed by atoms with Crippen LogP contribution in [0.15, 0.2) is 30.3 Å². The third kappa shape index (κ3) is 10.4. The summed E-state index contributed by atoms with van der Waals surface area (Å²) in [5, 5.41) is 17.9. The average Bonchev–Trinajstić information content (AvgIpc) is 3.34. The highest BCUT2D eigenvalue weighted by Gasteiger charge is 2.36. The summed E-state index contributed by atoms with van der Waals surface area (Å²) >= 11 is 0. The summed E-state index contributed by atoms with van der Waals surface area (Å²) < 4.78 is 5.51. The van der Waals surface area contributed by atoms with Crippen LogP contribution in [0.25, 0.3) is 0 Å². The summed E-state index contributed by atoms with van der Waals surface area (Å²) in [6, 6.07) is 6.64. The number of nitrogens with one attached hydrogen (secondary N) is 3. The van der Waals surface area contributed by atoms with E-state index in [1.54, 1.807) is 9.80 Å². The Morgan fingerprint density at radius 1 is 1.05 bits per heavy atom. The minimum Gasteiger partial charge on any atom is -0.480 e. The first-order valence-electron chi connectivity index (χ1n) is 15.1. The fourth-order valence-electron chi connectivity index (χ4n) is 5.42. The van der Waals surface area contributed by atoms with E-state index in [0.717, 1.165) is 5.56 Å². The van der Waals surface area contributed by atoms with Gasteiger partial charge in [-0.3, -0.25) is 9.59 Å². The van der Waals surface area contributed by atoms with Crippen molar-refractivity contribution in [2.24, 2.45) is 11.8 Å². The number of amides is 5. The lowest BCUT2D eigenvalue weighted by molar-refractivity contribution is -0.143. The van der Waals surface area contributed by atoms with E-state index in [1.165, 1.54) is 0 Å². The van der Waals surface area contributed by atoms with Crippen molar-refractivity contribution in [2.75, 3.05) is 19.6 Å². The van der Waals surface area contributed by atoms with Gasteiger partial charge in [0, 0.05) is 38.1 Å². The van der Waals surface area contributed by atoms with Crippen LogP contribution in [0.1, 0.15) is 72.3 Å². The predicted octanol–water partition coefficient (Wildman–Crippen LogP) is 3.11. The topological polar surface area (TPSA) is 157 Å². The first-order valence-corrected chi connectivity index (χ1v) is 15.1. The minimum atomic E-state index is -1.26. The first-order chi connectivity index (χ1) is 20.2. The Balaban J connectivity index is 1.74. The summed E-state index contributed by atoms with van der Waals surface area (Å²) in [4.78, 5) is 67.2. The number of carboxylic acids is 1. The van der Waals surface area contributed by atoms with Crippen molar-refractivity contribution in [1.82, 2.24) is 25.8 Å². The third-order valence-corrected chi connectivity index (χ3v) is 7.63. The molecule has 2 aliphatic heterocycles. The number of carbonyl (C=O) groups excluding carboxylic acids is 4. The predicted molar refractivity (Wildman–Crippen MR) is 160 cm³/mol. The molecule has 0 radical (unpaired) electrons. The van der Waals surface area contributed by atoms with Gasteiger partial charge in [0.1, 0.15) is 17.7 Å². The molecule has 0 saturated carbocycles. The minimum absolute atomic E-state index is 0.0222. The molecule has 1 aromatic carbocycles. The molecule has 0 spiro atoms. The van der Waals surface area contributed by atoms with Crippen molar-refractivity contribution in [3.63, 3.8) is 0 Å². The van der Waals surface area contributed by atoms with Gasteiger partial charge < -0.3 is 35.6 Å². The van der Waals surface area contributed by atoms with Gasteiger partial charge in [-0.15, -0.1) is 0 Å². The molecule has 0 aromatic heterocycles. The Bertz CT molecular complexity index is 1130. The van der Waals surface area contributed by atoms with Gasteiger partial charge in [-0.05, 0) is 64.4 Å². The van der Waals surface area contributed by atoms with Crippen molar-refractivity contribution in [2.45, 2.75) is 97.0 Å². The first kappa shape index (κ1) is 33.7. The molecule has 0 aliphatic carbocycles. The maximum atomic E-state index is 13.8. The Morgan fingerprint density at radius 3 is 2.23 bits per heavy atom. The van der Waals surface area contributed by atoms with Crippen LogP contribution < -0.4 is 16.0 Å². The summed E-state index contributed by atoms with van der Waals surface area (Å²) in [6.45, 7) is 10.9. The van der Waals surface area contributed by atoms with Crippen LogP contribution in [0.3, 0.4) is 0 Å². The molecule has 3 atom stereocenters. The molecular weight excluding hydrogens is 554 g/mol. The lowest BCUT2D eigenvalue weighted by Crippen LogP contribution is -2.57. The second-order valence-electron chi connectivity index (χ2n) is 12.9. The molecule has 238 valence electrons. The fourth-order valence-corrected chi connectivity index (χ4v) is 5.42. The quantitative estimate of drug-likeness (QED) is 0.304. The molecule has 4 N–H and O–H groups in total. The highest BCUT2D eigenvalue weighted by atomic mass is 16.6. The number of carbonyl (C=O) groups is 5. The van der Waals surface area contributed by atoms with Crippen molar-refractivity contribution in [3.8, 4) is 0 Å². The summed E-state index contributed by atoms with van der Waals surface area (Å²) in [5.74, 6) is -2.52. The third-order valence-electron chi connectivity index (χ3n) is 7.63. The Morgan fingerprint density at radius 2 is 1.70 bits per heavy atom. The second kappa shape index (κ2) is 15.1. The van der Waals surface area contributed by atoms with E-state index >= 15 is 0 Å². The standard InChI is InChI=1S/C31H47N5O7/c1-20(2)17-24(27(38)33-25(28(39)40)18-22-11-14-32-26(22)37)34-29(41)36(19-21-9-7-6-8-10-21)23-12-15-35(16-13-23)30(42)43-31(3,4)5/h6-10,20,22-25H,11-19H2,1-5H3,(H,32,37)(H,33,38)(H,34,41)(H,39,40)/t22-,24?,25?/m0/s1. The SMILES string of the molecule is CC(C)CC(NC(=O)N(Cc1ccccc1)C1CCN(C(=O)OC(C)(C)C)CC1)C(=O)NC(C[C@@H]1CCNC1=O)C(=O)O. The maximum absolute atomic E-state index is 13.8. The zero-order chi connectivity index (χ0) is 31.7. The molecule has 2 unspecified atom stereocenters. The van der Waals surface area contributed by atoms with Crippen LogP contribution in [-0.4, -0.2) is 88.2 Å². The molecule has 3 rings (SSSR count). The number of ether oxygens (including phenoxy) is 1. The number of aliphatic carboxylic acids is 1. The Labute approximate surface area is 253 Å². The Kier molecular flexibility index (Phi) is 11.8. The number of likely N-dealkylation sites (tertiary alicyclic amines) is 1. The van der Waals surface area contributed by atoms with Gasteiger partial charge in [-0.1, -0.05) is 44.2 Å². The summed E-state index contributed by atoms with van der Waals surface area (Å²) in [5.41, 5.74) is 0.306. The summed E-state index contributed by atoms with van der Waals surface area (Å²) in [6.07, 6.45) is 1.46. The lowest BCUT2D eigenvalue weighted by Gasteiger charge is -2.39. The largest absolute Gasteiger partial charge is 0.480 e. The zero-order valence-electron chi connectivity index (χ0n) is 25.9. The van der Waals surface area contributed by atoms with Gasteiger partial charge in [-0.2, -0.15) is 0 Å². The van der Waals surface area contributed by atoms with Gasteiger partial charge in [-0.25, -0.2) is 14.4 Å². The van der Waals surface area contributed by atoms with Gasteiger partial charge in [0.05, 0.1) is 0 Å². The molecule has 12 heteroatoms. The number of benzene rings is 1. The molecule has 2 saturated heterocycles. The van der Waals surface area contributed by atoms with Crippen LogP contribution in [-0.2, 0) is 25.7 Å². The Hall–Kier alpha value is -3.83. The van der Waals surface area contributed by atoms with Gasteiger partial charge >= 0.3 is 18.1 Å². The van der Waals surface area contributed by atoms with E-state index in [4.69, 9.17) is 4.74 Å². The van der Waals surface area contributed by atoms with E-state index in [9.17, 15) is 29.1 Å². The zero-order valence-corrected chi connectivity index (χ0v) is 25.9. The highest BCUT2D eigenvalue weighted by molar-refractivity contribution is 5.90. The van der Waals surface area contributed by atoms with E-state index in [0.29, 0.717) is 51.9 Å². The van der Waals surface area contributed by atoms with Gasteiger partial charge in [0.15, 0.2) is 0 Å². The number of rotatable bonds is 11. The van der Waals surface area contributed by atoms with Crippen molar-refractivity contribution in [1.29, 1.82) is 0 Å². The normalized spacial score (nSPS) is 18.9. The number of urea groups is 1. The summed E-state index contributed by atoms with van der Waals surface area (Å²) in [7, 11) is 0. The number of nitrogens with zero attached hydrogens (tertiary/aromatic N) is 2. The number of hydrogen-bond acceptors (Lipinski definition) is 6. The van der Waals surface area contributed by atoms with Crippen LogP contribution in [0.5, 0.6) is 0 Å². The smallest absolute Gasteiger partial charge is 0.410 e. The van der Waals surface area contributed by atoms with E-state index in [-0.39, 0.29) is 30.4 Å². The van der Waals surface area contributed by atoms with Crippen LogP contribution in [0, 0.1) is 11.8 Å². The molecule has 12 nitrogen and oxygen atoms in total. The van der Waals surface area contributed by atoms with Gasteiger partial charge in [0.2, 0.25) is 11.8 Å². The molecule has 2 aliphatic rings. The van der Waals surface area contributed by atoms with E-state index in [1.807, 2.05) is 65.0 Å².